The summed E-state index contributed by atoms with van der Waals surface area (Å²) in [5, 5.41) is 16.8. The Morgan fingerprint density at radius 1 is 1.00 bits per heavy atom. The number of nitrogens with two attached hydrogens (primary N) is 1. The molecular formula is C19H36N4O5S2. The highest BCUT2D eigenvalue weighted by atomic mass is 32.2. The molecule has 0 aliphatic carbocycles. The number of aliphatic carboxylic acids is 1. The zero-order valence-corrected chi connectivity index (χ0v) is 20.0. The second kappa shape index (κ2) is 14.5. The fraction of sp³-hybridized carbons (Fsp3) is 0.789. The van der Waals surface area contributed by atoms with E-state index in [1.807, 2.05) is 20.1 Å². The first kappa shape index (κ1) is 28.5. The Labute approximate surface area is 188 Å². The molecule has 30 heavy (non-hydrogen) atoms. The number of thioether (sulfide) groups is 1. The van der Waals surface area contributed by atoms with Crippen LogP contribution >= 0.6 is 24.4 Å². The lowest BCUT2D eigenvalue weighted by Crippen LogP contribution is -2.59. The maximum Gasteiger partial charge on any atom is 0.327 e. The number of hydrogen-bond donors (Lipinski definition) is 6. The molecule has 0 bridgehead atoms. The van der Waals surface area contributed by atoms with Gasteiger partial charge in [0.1, 0.15) is 18.1 Å². The van der Waals surface area contributed by atoms with E-state index in [1.54, 1.807) is 13.8 Å². The monoisotopic (exact) mass is 464 g/mol. The van der Waals surface area contributed by atoms with Crippen LogP contribution in [0.1, 0.15) is 40.5 Å². The van der Waals surface area contributed by atoms with Gasteiger partial charge < -0.3 is 26.8 Å². The predicted molar refractivity (Wildman–Crippen MR) is 123 cm³/mol. The van der Waals surface area contributed by atoms with Gasteiger partial charge in [-0.25, -0.2) is 4.79 Å². The van der Waals surface area contributed by atoms with Crippen LogP contribution in [0, 0.1) is 11.8 Å². The first-order valence-corrected chi connectivity index (χ1v) is 12.0. The molecule has 5 unspecified atom stereocenters. The van der Waals surface area contributed by atoms with Crippen LogP contribution in [-0.4, -0.2) is 70.7 Å². The van der Waals surface area contributed by atoms with Crippen molar-refractivity contribution in [2.45, 2.75) is 64.7 Å². The molecule has 0 aliphatic heterocycles. The van der Waals surface area contributed by atoms with Crippen LogP contribution in [0.2, 0.25) is 0 Å². The fourth-order valence-electron chi connectivity index (χ4n) is 2.52. The van der Waals surface area contributed by atoms with E-state index in [0.29, 0.717) is 12.2 Å². The van der Waals surface area contributed by atoms with Crippen molar-refractivity contribution < 1.29 is 24.3 Å². The third-order valence-electron chi connectivity index (χ3n) is 4.85. The van der Waals surface area contributed by atoms with Gasteiger partial charge in [0.05, 0.1) is 6.04 Å². The average molecular weight is 465 g/mol. The number of carbonyl (C=O) groups is 4. The van der Waals surface area contributed by atoms with Crippen molar-refractivity contribution in [3.8, 4) is 0 Å². The van der Waals surface area contributed by atoms with Crippen molar-refractivity contribution in [1.29, 1.82) is 0 Å². The van der Waals surface area contributed by atoms with Crippen molar-refractivity contribution in [2.24, 2.45) is 17.6 Å². The van der Waals surface area contributed by atoms with Crippen LogP contribution in [0.5, 0.6) is 0 Å². The van der Waals surface area contributed by atoms with Crippen molar-refractivity contribution in [2.75, 3.05) is 17.8 Å². The summed E-state index contributed by atoms with van der Waals surface area (Å²) in [5.74, 6) is -2.56. The number of hydrogen-bond acceptors (Lipinski definition) is 7. The standard InChI is InChI=1S/C19H36N4O5S2/c1-6-11(4)14(20)17(25)23-15(10(2)3)18(26)21-12(7-8-30-5)16(24)22-13(9-29)19(27)28/h10-15,29H,6-9,20H2,1-5H3,(H,21,26)(H,22,24)(H,23,25)(H,27,28). The second-order valence-corrected chi connectivity index (χ2v) is 8.92. The smallest absolute Gasteiger partial charge is 0.327 e. The lowest BCUT2D eigenvalue weighted by Gasteiger charge is -2.27. The molecule has 0 saturated heterocycles. The molecule has 0 aliphatic rings. The molecule has 6 N–H and O–H groups in total. The van der Waals surface area contributed by atoms with Crippen molar-refractivity contribution >= 4 is 48.1 Å². The average Bonchev–Trinajstić information content (AvgIpc) is 2.70. The zero-order chi connectivity index (χ0) is 23.4. The lowest BCUT2D eigenvalue weighted by molar-refractivity contribution is -0.141. The van der Waals surface area contributed by atoms with Crippen molar-refractivity contribution in [3.63, 3.8) is 0 Å². The number of carbonyl (C=O) groups excluding carboxylic acids is 3. The van der Waals surface area contributed by atoms with Gasteiger partial charge in [-0.05, 0) is 30.3 Å². The van der Waals surface area contributed by atoms with E-state index in [9.17, 15) is 19.2 Å². The number of carboxylic acids is 1. The largest absolute Gasteiger partial charge is 0.480 e. The highest BCUT2D eigenvalue weighted by molar-refractivity contribution is 7.98. The van der Waals surface area contributed by atoms with Gasteiger partial charge in [-0.1, -0.05) is 34.1 Å². The van der Waals surface area contributed by atoms with E-state index >= 15 is 0 Å². The Morgan fingerprint density at radius 3 is 2.00 bits per heavy atom. The minimum absolute atomic E-state index is 0.0461. The minimum Gasteiger partial charge on any atom is -0.480 e. The predicted octanol–water partition coefficient (Wildman–Crippen LogP) is 0.238. The van der Waals surface area contributed by atoms with Gasteiger partial charge in [0.2, 0.25) is 17.7 Å². The summed E-state index contributed by atoms with van der Waals surface area (Å²) >= 11 is 5.42. The molecular weight excluding hydrogens is 428 g/mol. The molecule has 0 radical (unpaired) electrons. The Bertz CT molecular complexity index is 591. The maximum absolute atomic E-state index is 12.9. The molecule has 174 valence electrons. The summed E-state index contributed by atoms with van der Waals surface area (Å²) < 4.78 is 0. The third-order valence-corrected chi connectivity index (χ3v) is 5.86. The minimum atomic E-state index is -1.21. The van der Waals surface area contributed by atoms with Gasteiger partial charge in [-0.3, -0.25) is 14.4 Å². The summed E-state index contributed by atoms with van der Waals surface area (Å²) in [6, 6.07) is -3.72. The van der Waals surface area contributed by atoms with Gasteiger partial charge in [0.15, 0.2) is 0 Å². The summed E-state index contributed by atoms with van der Waals surface area (Å²) in [7, 11) is 0. The molecule has 3 amide bonds. The van der Waals surface area contributed by atoms with E-state index < -0.39 is 47.9 Å². The first-order valence-electron chi connectivity index (χ1n) is 9.99. The lowest BCUT2D eigenvalue weighted by atomic mass is 9.97. The topological polar surface area (TPSA) is 151 Å². The van der Waals surface area contributed by atoms with E-state index in [1.165, 1.54) is 11.8 Å². The normalized spacial score (nSPS) is 16.1. The molecule has 0 fully saturated rings. The second-order valence-electron chi connectivity index (χ2n) is 7.57. The highest BCUT2D eigenvalue weighted by Crippen LogP contribution is 2.09. The van der Waals surface area contributed by atoms with Gasteiger partial charge in [0, 0.05) is 5.75 Å². The van der Waals surface area contributed by atoms with Crippen LogP contribution in [-0.2, 0) is 19.2 Å². The molecule has 0 rings (SSSR count). The van der Waals surface area contributed by atoms with Crippen LogP contribution < -0.4 is 21.7 Å². The molecule has 11 heteroatoms. The number of carboxylic acid groups (broad SMARTS) is 1. The molecule has 0 spiro atoms. The van der Waals surface area contributed by atoms with E-state index in [0.717, 1.165) is 6.42 Å². The summed E-state index contributed by atoms with van der Waals surface area (Å²) in [5.41, 5.74) is 5.96. The summed E-state index contributed by atoms with van der Waals surface area (Å²) in [6.07, 6.45) is 2.89. The SMILES string of the molecule is CCC(C)C(N)C(=O)NC(C(=O)NC(CCSC)C(=O)NC(CS)C(=O)O)C(C)C. The molecule has 9 nitrogen and oxygen atoms in total. The van der Waals surface area contributed by atoms with E-state index in [2.05, 4.69) is 28.6 Å². The van der Waals surface area contributed by atoms with Gasteiger partial charge >= 0.3 is 5.97 Å². The van der Waals surface area contributed by atoms with Crippen LogP contribution in [0.25, 0.3) is 0 Å². The van der Waals surface area contributed by atoms with Crippen molar-refractivity contribution in [1.82, 2.24) is 16.0 Å². The molecule has 0 aromatic carbocycles. The maximum atomic E-state index is 12.9. The Hall–Kier alpha value is -1.46. The Morgan fingerprint density at radius 2 is 1.57 bits per heavy atom. The molecule has 0 aromatic heterocycles. The highest BCUT2D eigenvalue weighted by Gasteiger charge is 2.32. The number of rotatable bonds is 14. The van der Waals surface area contributed by atoms with Gasteiger partial charge in [0.25, 0.3) is 0 Å². The molecule has 0 saturated carbocycles. The quantitative estimate of drug-likeness (QED) is 0.202. The number of nitrogens with one attached hydrogen (secondary N) is 3. The van der Waals surface area contributed by atoms with E-state index in [-0.39, 0.29) is 17.6 Å². The molecule has 0 heterocycles. The van der Waals surface area contributed by atoms with Crippen molar-refractivity contribution in [3.05, 3.63) is 0 Å². The van der Waals surface area contributed by atoms with E-state index in [4.69, 9.17) is 10.8 Å². The number of amides is 3. The molecule has 5 atom stereocenters. The third kappa shape index (κ3) is 9.57. The van der Waals surface area contributed by atoms with Gasteiger partial charge in [-0.2, -0.15) is 24.4 Å². The summed E-state index contributed by atoms with van der Waals surface area (Å²) in [4.78, 5) is 49.0. The zero-order valence-electron chi connectivity index (χ0n) is 18.3. The fourth-order valence-corrected chi connectivity index (χ4v) is 3.24. The van der Waals surface area contributed by atoms with Crippen LogP contribution in [0.15, 0.2) is 0 Å². The van der Waals surface area contributed by atoms with Gasteiger partial charge in [-0.15, -0.1) is 0 Å². The first-order chi connectivity index (χ1) is 14.0. The number of thiol groups is 1. The molecule has 0 aromatic rings. The Kier molecular flexibility index (Phi) is 13.8. The summed E-state index contributed by atoms with van der Waals surface area (Å²) in [6.45, 7) is 7.33. The Balaban J connectivity index is 5.32. The van der Waals surface area contributed by atoms with Crippen LogP contribution in [0.3, 0.4) is 0 Å². The van der Waals surface area contributed by atoms with Crippen LogP contribution in [0.4, 0.5) is 0 Å².